The van der Waals surface area contributed by atoms with Crippen LogP contribution in [0, 0.1) is 0 Å². The molecule has 2 saturated heterocycles. The lowest BCUT2D eigenvalue weighted by Crippen LogP contribution is -2.55. The van der Waals surface area contributed by atoms with Crippen LogP contribution < -0.4 is 9.64 Å². The molecular weight excluding hydrogens is 386 g/mol. The molecule has 0 N–H and O–H groups in total. The van der Waals surface area contributed by atoms with E-state index in [0.717, 1.165) is 32.4 Å². The summed E-state index contributed by atoms with van der Waals surface area (Å²) >= 11 is 0. The molecular formula is C22H29N3O5. The zero-order valence-corrected chi connectivity index (χ0v) is 17.7. The average Bonchev–Trinajstić information content (AvgIpc) is 2.77. The summed E-state index contributed by atoms with van der Waals surface area (Å²) in [7, 11) is 0. The van der Waals surface area contributed by atoms with Gasteiger partial charge in [0.1, 0.15) is 12.3 Å². The van der Waals surface area contributed by atoms with Gasteiger partial charge in [-0.25, -0.2) is 0 Å². The summed E-state index contributed by atoms with van der Waals surface area (Å²) in [6, 6.07) is 5.10. The van der Waals surface area contributed by atoms with Crippen molar-refractivity contribution in [2.45, 2.75) is 38.7 Å². The molecule has 2 fully saturated rings. The number of benzene rings is 1. The number of carbonyl (C=O) groups excluding carboxylic acids is 3. The van der Waals surface area contributed by atoms with Crippen LogP contribution >= 0.6 is 0 Å². The molecule has 30 heavy (non-hydrogen) atoms. The third-order valence-electron chi connectivity index (χ3n) is 5.92. The molecule has 3 amide bonds. The highest BCUT2D eigenvalue weighted by molar-refractivity contribution is 6.07. The number of ether oxygens (including phenoxy) is 2. The van der Waals surface area contributed by atoms with Gasteiger partial charge in [0.15, 0.2) is 5.60 Å². The first kappa shape index (κ1) is 20.7. The number of likely N-dealkylation sites (tertiary alicyclic amines) is 1. The Morgan fingerprint density at radius 3 is 2.40 bits per heavy atom. The second kappa shape index (κ2) is 8.26. The molecule has 1 aromatic rings. The fourth-order valence-electron chi connectivity index (χ4n) is 4.19. The van der Waals surface area contributed by atoms with Gasteiger partial charge in [0, 0.05) is 31.7 Å². The number of hydrogen-bond donors (Lipinski definition) is 0. The Balaban J connectivity index is 1.62. The standard InChI is InChI=1S/C22H29N3O5/c1-22(2)21(28)25(15-19(26)23-8-4-3-5-9-23)17-14-16(6-7-18(17)30-22)20(27)24-10-12-29-13-11-24/h6-7,14H,3-5,8-13,15H2,1-2H3. The van der Waals surface area contributed by atoms with Crippen LogP contribution in [0.15, 0.2) is 18.2 Å². The van der Waals surface area contributed by atoms with Crippen LogP contribution in [-0.2, 0) is 14.3 Å². The van der Waals surface area contributed by atoms with Crippen molar-refractivity contribution in [2.75, 3.05) is 50.8 Å². The van der Waals surface area contributed by atoms with E-state index in [9.17, 15) is 14.4 Å². The zero-order chi connectivity index (χ0) is 21.3. The first-order valence-electron chi connectivity index (χ1n) is 10.7. The number of carbonyl (C=O) groups is 3. The second-order valence-corrected chi connectivity index (χ2v) is 8.53. The fraction of sp³-hybridized carbons (Fsp3) is 0.591. The molecule has 3 aliphatic heterocycles. The number of hydrogen-bond acceptors (Lipinski definition) is 5. The lowest BCUT2D eigenvalue weighted by atomic mass is 10.0. The van der Waals surface area contributed by atoms with Crippen molar-refractivity contribution in [2.24, 2.45) is 0 Å². The Kier molecular flexibility index (Phi) is 5.69. The number of piperidine rings is 1. The third-order valence-corrected chi connectivity index (χ3v) is 5.92. The Morgan fingerprint density at radius 1 is 1.00 bits per heavy atom. The Hall–Kier alpha value is -2.61. The normalized spacial score (nSPS) is 21.1. The summed E-state index contributed by atoms with van der Waals surface area (Å²) in [5.41, 5.74) is -0.128. The molecule has 0 unspecified atom stereocenters. The number of anilines is 1. The predicted molar refractivity (Wildman–Crippen MR) is 111 cm³/mol. The van der Waals surface area contributed by atoms with E-state index >= 15 is 0 Å². The molecule has 8 heteroatoms. The van der Waals surface area contributed by atoms with Gasteiger partial charge in [0.2, 0.25) is 5.91 Å². The molecule has 0 radical (unpaired) electrons. The van der Waals surface area contributed by atoms with Crippen molar-refractivity contribution >= 4 is 23.4 Å². The topological polar surface area (TPSA) is 79.4 Å². The van der Waals surface area contributed by atoms with Crippen LogP contribution in [0.2, 0.25) is 0 Å². The number of fused-ring (bicyclic) bond motifs is 1. The van der Waals surface area contributed by atoms with E-state index in [1.807, 2.05) is 4.90 Å². The summed E-state index contributed by atoms with van der Waals surface area (Å²) in [4.78, 5) is 44.0. The fourth-order valence-corrected chi connectivity index (χ4v) is 4.19. The zero-order valence-electron chi connectivity index (χ0n) is 17.7. The third kappa shape index (κ3) is 4.01. The SMILES string of the molecule is CC1(C)Oc2ccc(C(=O)N3CCOCC3)cc2N(CC(=O)N2CCCCC2)C1=O. The molecule has 162 valence electrons. The van der Waals surface area contributed by atoms with Crippen LogP contribution in [0.25, 0.3) is 0 Å². The highest BCUT2D eigenvalue weighted by Gasteiger charge is 2.42. The molecule has 3 heterocycles. The van der Waals surface area contributed by atoms with Crippen LogP contribution in [0.1, 0.15) is 43.5 Å². The van der Waals surface area contributed by atoms with Crippen molar-refractivity contribution in [1.29, 1.82) is 0 Å². The predicted octanol–water partition coefficient (Wildman–Crippen LogP) is 1.68. The number of rotatable bonds is 3. The maximum absolute atomic E-state index is 13.1. The molecule has 0 aromatic heterocycles. The van der Waals surface area contributed by atoms with Gasteiger partial charge >= 0.3 is 0 Å². The minimum absolute atomic E-state index is 0.0478. The van der Waals surface area contributed by atoms with E-state index in [4.69, 9.17) is 9.47 Å². The van der Waals surface area contributed by atoms with E-state index in [1.54, 1.807) is 36.9 Å². The van der Waals surface area contributed by atoms with Crippen LogP contribution in [-0.4, -0.2) is 79.1 Å². The smallest absolute Gasteiger partial charge is 0.271 e. The first-order valence-corrected chi connectivity index (χ1v) is 10.7. The van der Waals surface area contributed by atoms with Crippen molar-refractivity contribution < 1.29 is 23.9 Å². The molecule has 1 aromatic carbocycles. The monoisotopic (exact) mass is 415 g/mol. The number of amides is 3. The van der Waals surface area contributed by atoms with E-state index < -0.39 is 5.60 Å². The molecule has 8 nitrogen and oxygen atoms in total. The van der Waals surface area contributed by atoms with Crippen LogP contribution in [0.5, 0.6) is 5.75 Å². The second-order valence-electron chi connectivity index (χ2n) is 8.53. The number of morpholine rings is 1. The van der Waals surface area contributed by atoms with Crippen LogP contribution in [0.4, 0.5) is 5.69 Å². The van der Waals surface area contributed by atoms with Gasteiger partial charge in [-0.05, 0) is 51.3 Å². The van der Waals surface area contributed by atoms with Crippen molar-refractivity contribution in [3.63, 3.8) is 0 Å². The van der Waals surface area contributed by atoms with Crippen molar-refractivity contribution in [3.8, 4) is 5.75 Å². The number of nitrogens with zero attached hydrogens (tertiary/aromatic N) is 3. The quantitative estimate of drug-likeness (QED) is 0.751. The summed E-state index contributed by atoms with van der Waals surface area (Å²) in [5.74, 6) is 0.0400. The summed E-state index contributed by atoms with van der Waals surface area (Å²) in [5, 5.41) is 0. The van der Waals surface area contributed by atoms with Gasteiger partial charge in [-0.2, -0.15) is 0 Å². The Morgan fingerprint density at radius 2 is 1.70 bits per heavy atom. The van der Waals surface area contributed by atoms with Crippen molar-refractivity contribution in [1.82, 2.24) is 9.80 Å². The van der Waals surface area contributed by atoms with Gasteiger partial charge in [-0.15, -0.1) is 0 Å². The molecule has 0 saturated carbocycles. The molecule has 0 aliphatic carbocycles. The minimum Gasteiger partial charge on any atom is -0.476 e. The van der Waals surface area contributed by atoms with Crippen molar-refractivity contribution in [3.05, 3.63) is 23.8 Å². The van der Waals surface area contributed by atoms with Gasteiger partial charge in [-0.1, -0.05) is 0 Å². The van der Waals surface area contributed by atoms with Gasteiger partial charge in [0.25, 0.3) is 11.8 Å². The molecule has 0 spiro atoms. The molecule has 3 aliphatic rings. The summed E-state index contributed by atoms with van der Waals surface area (Å²) in [6.07, 6.45) is 3.11. The maximum atomic E-state index is 13.1. The molecule has 0 bridgehead atoms. The maximum Gasteiger partial charge on any atom is 0.271 e. The summed E-state index contributed by atoms with van der Waals surface area (Å²) < 4.78 is 11.2. The lowest BCUT2D eigenvalue weighted by molar-refractivity contribution is -0.137. The lowest BCUT2D eigenvalue weighted by Gasteiger charge is -2.39. The van der Waals surface area contributed by atoms with E-state index in [0.29, 0.717) is 43.3 Å². The highest BCUT2D eigenvalue weighted by Crippen LogP contribution is 2.38. The Labute approximate surface area is 176 Å². The van der Waals surface area contributed by atoms with Gasteiger partial charge in [-0.3, -0.25) is 19.3 Å². The first-order chi connectivity index (χ1) is 14.4. The van der Waals surface area contributed by atoms with Gasteiger partial charge < -0.3 is 19.3 Å². The minimum atomic E-state index is -1.08. The average molecular weight is 415 g/mol. The van der Waals surface area contributed by atoms with E-state index in [-0.39, 0.29) is 24.3 Å². The van der Waals surface area contributed by atoms with E-state index in [1.165, 1.54) is 4.90 Å². The Bertz CT molecular complexity index is 841. The van der Waals surface area contributed by atoms with Gasteiger partial charge in [0.05, 0.1) is 18.9 Å². The van der Waals surface area contributed by atoms with Crippen LogP contribution in [0.3, 0.4) is 0 Å². The van der Waals surface area contributed by atoms with E-state index in [2.05, 4.69) is 0 Å². The molecule has 0 atom stereocenters. The molecule has 4 rings (SSSR count). The summed E-state index contributed by atoms with van der Waals surface area (Å²) in [6.45, 7) is 6.91. The highest BCUT2D eigenvalue weighted by atomic mass is 16.5. The largest absolute Gasteiger partial charge is 0.476 e.